The minimum absolute atomic E-state index is 0.118. The van der Waals surface area contributed by atoms with E-state index in [1.165, 1.54) is 0 Å². The molecule has 2 saturated heterocycles. The van der Waals surface area contributed by atoms with Crippen LogP contribution in [0.4, 0.5) is 0 Å². The van der Waals surface area contributed by atoms with Crippen molar-refractivity contribution in [2.45, 2.75) is 56.2 Å². The molecule has 2 aliphatic rings. The van der Waals surface area contributed by atoms with Gasteiger partial charge in [0.2, 0.25) is 0 Å². The van der Waals surface area contributed by atoms with Crippen molar-refractivity contribution in [3.8, 4) is 0 Å². The average Bonchev–Trinajstić information content (AvgIpc) is 2.62. The highest BCUT2D eigenvalue weighted by Gasteiger charge is 2.43. The lowest BCUT2D eigenvalue weighted by molar-refractivity contribution is -0.163. The lowest BCUT2D eigenvalue weighted by Gasteiger charge is -2.30. The van der Waals surface area contributed by atoms with Crippen LogP contribution in [0.2, 0.25) is 0 Å². The summed E-state index contributed by atoms with van der Waals surface area (Å²) in [6.45, 7) is 1.90. The molecule has 3 unspecified atom stereocenters. The Labute approximate surface area is 113 Å². The minimum atomic E-state index is -3.07. The number of carbonyl (C=O) groups is 1. The number of carboxylic acid groups (broad SMARTS) is 1. The van der Waals surface area contributed by atoms with Crippen molar-refractivity contribution in [3.05, 3.63) is 0 Å². The fraction of sp³-hybridized carbons (Fsp3) is 0.917. The van der Waals surface area contributed by atoms with Crippen LogP contribution in [0, 0.1) is 0 Å². The second-order valence-electron chi connectivity index (χ2n) is 5.47. The predicted octanol–water partition coefficient (Wildman–Crippen LogP) is 0.950. The fourth-order valence-corrected chi connectivity index (χ4v) is 4.78. The van der Waals surface area contributed by atoms with Crippen LogP contribution in [0.5, 0.6) is 0 Å². The maximum Gasteiger partial charge on any atom is 0.306 e. The fourth-order valence-electron chi connectivity index (χ4n) is 2.76. The number of hydrogen-bond acceptors (Lipinski definition) is 5. The Kier molecular flexibility index (Phi) is 4.17. The monoisotopic (exact) mass is 292 g/mol. The molecule has 0 aromatic carbocycles. The molecule has 7 heteroatoms. The molecule has 0 aromatic rings. The first-order chi connectivity index (χ1) is 8.81. The van der Waals surface area contributed by atoms with Gasteiger partial charge in [-0.1, -0.05) is 6.42 Å². The number of rotatable bonds is 4. The Morgan fingerprint density at radius 3 is 2.79 bits per heavy atom. The normalized spacial score (nSPS) is 38.2. The minimum Gasteiger partial charge on any atom is -0.481 e. The molecule has 6 nitrogen and oxygen atoms in total. The number of ether oxygens (including phenoxy) is 2. The van der Waals surface area contributed by atoms with E-state index in [4.69, 9.17) is 14.6 Å². The summed E-state index contributed by atoms with van der Waals surface area (Å²) in [5.74, 6) is -1.69. The van der Waals surface area contributed by atoms with Gasteiger partial charge in [0.05, 0.1) is 30.1 Å². The van der Waals surface area contributed by atoms with E-state index >= 15 is 0 Å². The van der Waals surface area contributed by atoms with Gasteiger partial charge in [-0.15, -0.1) is 0 Å². The molecule has 19 heavy (non-hydrogen) atoms. The molecule has 1 N–H and O–H groups in total. The third-order valence-electron chi connectivity index (χ3n) is 3.70. The Hall–Kier alpha value is -0.660. The summed E-state index contributed by atoms with van der Waals surface area (Å²) in [5, 5.41) is 8.28. The van der Waals surface area contributed by atoms with Crippen molar-refractivity contribution in [1.82, 2.24) is 0 Å². The maximum atomic E-state index is 12.0. The number of hydrogen-bond donors (Lipinski definition) is 1. The van der Waals surface area contributed by atoms with Gasteiger partial charge in [0.1, 0.15) is 0 Å². The van der Waals surface area contributed by atoms with Crippen molar-refractivity contribution in [2.75, 3.05) is 12.4 Å². The number of sulfone groups is 1. The summed E-state index contributed by atoms with van der Waals surface area (Å²) < 4.78 is 35.0. The first-order valence-electron chi connectivity index (χ1n) is 6.56. The van der Waals surface area contributed by atoms with Crippen molar-refractivity contribution in [2.24, 2.45) is 0 Å². The van der Waals surface area contributed by atoms with Crippen molar-refractivity contribution in [1.29, 1.82) is 0 Å². The molecular formula is C12H20O6S. The summed E-state index contributed by atoms with van der Waals surface area (Å²) >= 11 is 0. The molecule has 2 aliphatic heterocycles. The Bertz CT molecular complexity index is 445. The van der Waals surface area contributed by atoms with Gasteiger partial charge < -0.3 is 14.6 Å². The van der Waals surface area contributed by atoms with Gasteiger partial charge in [-0.05, 0) is 19.8 Å². The van der Waals surface area contributed by atoms with E-state index in [9.17, 15) is 13.2 Å². The lowest BCUT2D eigenvalue weighted by Crippen LogP contribution is -2.38. The summed E-state index contributed by atoms with van der Waals surface area (Å²) in [6.07, 6.45) is 1.93. The SMILES string of the molecule is CC1(CC2CCCCS2(=O)=O)OCC(CC(=O)O)O1. The molecule has 0 aromatic heterocycles. The second kappa shape index (κ2) is 5.38. The second-order valence-corrected chi connectivity index (χ2v) is 7.87. The van der Waals surface area contributed by atoms with E-state index in [1.807, 2.05) is 0 Å². The quantitative estimate of drug-likeness (QED) is 0.829. The number of carboxylic acids is 1. The Balaban J connectivity index is 1.97. The van der Waals surface area contributed by atoms with Crippen LogP contribution in [-0.2, 0) is 24.1 Å². The first-order valence-corrected chi connectivity index (χ1v) is 8.27. The highest BCUT2D eigenvalue weighted by molar-refractivity contribution is 7.92. The van der Waals surface area contributed by atoms with Crippen molar-refractivity contribution >= 4 is 15.8 Å². The summed E-state index contributed by atoms with van der Waals surface area (Å²) in [4.78, 5) is 10.6. The largest absolute Gasteiger partial charge is 0.481 e. The highest BCUT2D eigenvalue weighted by Crippen LogP contribution is 2.34. The lowest BCUT2D eigenvalue weighted by atomic mass is 10.1. The van der Waals surface area contributed by atoms with Crippen LogP contribution >= 0.6 is 0 Å². The van der Waals surface area contributed by atoms with E-state index in [1.54, 1.807) is 6.92 Å². The smallest absolute Gasteiger partial charge is 0.306 e. The maximum absolute atomic E-state index is 12.0. The van der Waals surface area contributed by atoms with E-state index in [0.29, 0.717) is 6.42 Å². The molecule has 2 heterocycles. The average molecular weight is 292 g/mol. The first kappa shape index (κ1) is 14.7. The van der Waals surface area contributed by atoms with Gasteiger partial charge >= 0.3 is 5.97 Å². The van der Waals surface area contributed by atoms with Gasteiger partial charge in [-0.3, -0.25) is 4.79 Å². The zero-order chi connectivity index (χ0) is 14.1. The van der Waals surface area contributed by atoms with Crippen LogP contribution in [0.1, 0.15) is 39.0 Å². The van der Waals surface area contributed by atoms with Gasteiger partial charge in [0.25, 0.3) is 0 Å². The van der Waals surface area contributed by atoms with Gasteiger partial charge in [-0.2, -0.15) is 0 Å². The molecule has 2 fully saturated rings. The summed E-state index contributed by atoms with van der Waals surface area (Å²) in [7, 11) is -3.07. The molecule has 0 saturated carbocycles. The van der Waals surface area contributed by atoms with E-state index < -0.39 is 32.9 Å². The zero-order valence-electron chi connectivity index (χ0n) is 11.0. The van der Waals surface area contributed by atoms with Gasteiger partial charge in [-0.25, -0.2) is 8.42 Å². The highest BCUT2D eigenvalue weighted by atomic mass is 32.2. The van der Waals surface area contributed by atoms with Crippen LogP contribution in [0.3, 0.4) is 0 Å². The molecule has 110 valence electrons. The zero-order valence-corrected chi connectivity index (χ0v) is 11.8. The molecule has 0 bridgehead atoms. The summed E-state index contributed by atoms with van der Waals surface area (Å²) in [5.41, 5.74) is 0. The van der Waals surface area contributed by atoms with Crippen LogP contribution in [-0.4, -0.2) is 49.0 Å². The number of aliphatic carboxylic acids is 1. The molecule has 3 atom stereocenters. The molecule has 0 spiro atoms. The van der Waals surface area contributed by atoms with Crippen molar-refractivity contribution < 1.29 is 27.8 Å². The topological polar surface area (TPSA) is 89.9 Å². The third-order valence-corrected chi connectivity index (χ3v) is 5.98. The standard InChI is InChI=1S/C12H20O6S/c1-12(17-8-9(18-12)6-11(13)14)7-10-4-2-3-5-19(10,15)16/h9-10H,2-8H2,1H3,(H,13,14). The van der Waals surface area contributed by atoms with E-state index in [0.717, 1.165) is 12.8 Å². The predicted molar refractivity (Wildman–Crippen MR) is 67.5 cm³/mol. The molecule has 0 amide bonds. The van der Waals surface area contributed by atoms with E-state index in [-0.39, 0.29) is 25.2 Å². The van der Waals surface area contributed by atoms with E-state index in [2.05, 4.69) is 0 Å². The van der Waals surface area contributed by atoms with Crippen LogP contribution in [0.25, 0.3) is 0 Å². The molecule has 2 rings (SSSR count). The molecule has 0 radical (unpaired) electrons. The third kappa shape index (κ3) is 3.67. The van der Waals surface area contributed by atoms with Crippen LogP contribution in [0.15, 0.2) is 0 Å². The van der Waals surface area contributed by atoms with Gasteiger partial charge in [0.15, 0.2) is 15.6 Å². The van der Waals surface area contributed by atoms with Crippen molar-refractivity contribution in [3.63, 3.8) is 0 Å². The van der Waals surface area contributed by atoms with Crippen LogP contribution < -0.4 is 0 Å². The van der Waals surface area contributed by atoms with Gasteiger partial charge in [0, 0.05) is 6.42 Å². The molecular weight excluding hydrogens is 272 g/mol. The Morgan fingerprint density at radius 1 is 1.42 bits per heavy atom. The summed E-state index contributed by atoms with van der Waals surface area (Å²) in [6, 6.07) is 0. The Morgan fingerprint density at radius 2 is 2.16 bits per heavy atom. The molecule has 0 aliphatic carbocycles.